The fraction of sp³-hybridized carbons (Fsp3) is 0.455. The standard InChI is InChI=1S/C11H14ClNO2S/c12-9-2-1-3-10(13)11(9)16(14)7-8-4-5-15-6-8/h1-3,8H,4-7,13H2. The first-order valence-corrected chi connectivity index (χ1v) is 6.88. The molecule has 0 radical (unpaired) electrons. The second kappa shape index (κ2) is 5.17. The van der Waals surface area contributed by atoms with Crippen molar-refractivity contribution in [1.29, 1.82) is 0 Å². The summed E-state index contributed by atoms with van der Waals surface area (Å²) < 4.78 is 17.4. The van der Waals surface area contributed by atoms with E-state index in [2.05, 4.69) is 0 Å². The molecule has 0 saturated carbocycles. The first-order chi connectivity index (χ1) is 7.68. The smallest absolute Gasteiger partial charge is 0.0803 e. The molecule has 1 aromatic rings. The van der Waals surface area contributed by atoms with Gasteiger partial charge in [-0.1, -0.05) is 17.7 Å². The van der Waals surface area contributed by atoms with Crippen LogP contribution in [0.5, 0.6) is 0 Å². The molecule has 0 amide bonds. The number of nitrogen functional groups attached to an aromatic ring is 1. The highest BCUT2D eigenvalue weighted by Crippen LogP contribution is 2.27. The van der Waals surface area contributed by atoms with Crippen molar-refractivity contribution in [2.45, 2.75) is 11.3 Å². The SMILES string of the molecule is Nc1cccc(Cl)c1S(=O)CC1CCOC1. The number of rotatable bonds is 3. The van der Waals surface area contributed by atoms with Gasteiger partial charge in [0.25, 0.3) is 0 Å². The van der Waals surface area contributed by atoms with Crippen LogP contribution < -0.4 is 5.73 Å². The lowest BCUT2D eigenvalue weighted by atomic mass is 10.2. The van der Waals surface area contributed by atoms with Gasteiger partial charge in [0.1, 0.15) is 0 Å². The molecule has 16 heavy (non-hydrogen) atoms. The summed E-state index contributed by atoms with van der Waals surface area (Å²) in [4.78, 5) is 0.566. The van der Waals surface area contributed by atoms with Crippen LogP contribution in [-0.2, 0) is 15.5 Å². The molecule has 0 bridgehead atoms. The van der Waals surface area contributed by atoms with E-state index >= 15 is 0 Å². The van der Waals surface area contributed by atoms with Crippen molar-refractivity contribution < 1.29 is 8.95 Å². The molecular formula is C11H14ClNO2S. The topological polar surface area (TPSA) is 52.3 Å². The first-order valence-electron chi connectivity index (χ1n) is 5.18. The molecule has 1 heterocycles. The fourth-order valence-corrected chi connectivity index (χ4v) is 3.69. The summed E-state index contributed by atoms with van der Waals surface area (Å²) in [5, 5.41) is 0.484. The highest BCUT2D eigenvalue weighted by molar-refractivity contribution is 7.85. The second-order valence-electron chi connectivity index (χ2n) is 3.90. The maximum absolute atomic E-state index is 12.1. The van der Waals surface area contributed by atoms with E-state index < -0.39 is 10.8 Å². The van der Waals surface area contributed by atoms with Gasteiger partial charge in [-0.3, -0.25) is 4.21 Å². The van der Waals surface area contributed by atoms with Crippen molar-refractivity contribution >= 4 is 28.1 Å². The summed E-state index contributed by atoms with van der Waals surface area (Å²) in [7, 11) is -1.13. The van der Waals surface area contributed by atoms with Crippen LogP contribution in [0, 0.1) is 5.92 Å². The number of halogens is 1. The molecule has 2 unspecified atom stereocenters. The summed E-state index contributed by atoms with van der Waals surface area (Å²) in [5.74, 6) is 0.935. The largest absolute Gasteiger partial charge is 0.398 e. The van der Waals surface area contributed by atoms with Gasteiger partial charge in [0.15, 0.2) is 0 Å². The summed E-state index contributed by atoms with van der Waals surface area (Å²) in [6, 6.07) is 5.21. The molecule has 1 aliphatic heterocycles. The fourth-order valence-electron chi connectivity index (χ4n) is 1.78. The Hall–Kier alpha value is -0.580. The van der Waals surface area contributed by atoms with Gasteiger partial charge >= 0.3 is 0 Å². The van der Waals surface area contributed by atoms with Crippen LogP contribution in [0.4, 0.5) is 5.69 Å². The summed E-state index contributed by atoms with van der Waals surface area (Å²) in [5.41, 5.74) is 6.29. The zero-order chi connectivity index (χ0) is 11.5. The molecule has 88 valence electrons. The van der Waals surface area contributed by atoms with Crippen molar-refractivity contribution in [3.63, 3.8) is 0 Å². The van der Waals surface area contributed by atoms with Crippen LogP contribution in [-0.4, -0.2) is 23.2 Å². The van der Waals surface area contributed by atoms with Crippen LogP contribution in [0.2, 0.25) is 5.02 Å². The highest BCUT2D eigenvalue weighted by Gasteiger charge is 2.21. The van der Waals surface area contributed by atoms with E-state index in [1.807, 2.05) is 0 Å². The molecule has 3 nitrogen and oxygen atoms in total. The molecule has 0 aromatic heterocycles. The summed E-state index contributed by atoms with van der Waals surface area (Å²) in [6.07, 6.45) is 0.968. The van der Waals surface area contributed by atoms with Gasteiger partial charge in [-0.05, 0) is 24.5 Å². The normalized spacial score (nSPS) is 22.2. The Morgan fingerprint density at radius 1 is 1.56 bits per heavy atom. The Balaban J connectivity index is 2.13. The van der Waals surface area contributed by atoms with Crippen molar-refractivity contribution in [2.75, 3.05) is 24.7 Å². The monoisotopic (exact) mass is 259 g/mol. The van der Waals surface area contributed by atoms with Gasteiger partial charge in [0.05, 0.1) is 27.3 Å². The molecule has 1 aromatic carbocycles. The Morgan fingerprint density at radius 2 is 2.38 bits per heavy atom. The molecule has 1 saturated heterocycles. The second-order valence-corrected chi connectivity index (χ2v) is 5.74. The van der Waals surface area contributed by atoms with Crippen LogP contribution in [0.1, 0.15) is 6.42 Å². The summed E-state index contributed by atoms with van der Waals surface area (Å²) >= 11 is 6.01. The van der Waals surface area contributed by atoms with Crippen molar-refractivity contribution in [3.8, 4) is 0 Å². The number of anilines is 1. The number of hydrogen-bond acceptors (Lipinski definition) is 3. The molecule has 0 spiro atoms. The Kier molecular flexibility index (Phi) is 3.84. The van der Waals surface area contributed by atoms with E-state index in [0.29, 0.717) is 33.9 Å². The lowest BCUT2D eigenvalue weighted by Crippen LogP contribution is -2.12. The average molecular weight is 260 g/mol. The molecule has 2 atom stereocenters. The van der Waals surface area contributed by atoms with Gasteiger partial charge in [-0.15, -0.1) is 0 Å². The third kappa shape index (κ3) is 2.56. The third-order valence-electron chi connectivity index (χ3n) is 2.64. The zero-order valence-corrected chi connectivity index (χ0v) is 10.4. The minimum absolute atomic E-state index is 0.358. The molecule has 2 rings (SSSR count). The van der Waals surface area contributed by atoms with Gasteiger partial charge in [-0.25, -0.2) is 0 Å². The Bertz CT molecular complexity index is 385. The van der Waals surface area contributed by atoms with E-state index in [4.69, 9.17) is 22.1 Å². The minimum atomic E-state index is -1.13. The van der Waals surface area contributed by atoms with Crippen LogP contribution in [0.3, 0.4) is 0 Å². The Morgan fingerprint density at radius 3 is 3.00 bits per heavy atom. The van der Waals surface area contributed by atoms with E-state index in [1.54, 1.807) is 18.2 Å². The first kappa shape index (κ1) is 11.9. The van der Waals surface area contributed by atoms with Gasteiger partial charge in [0.2, 0.25) is 0 Å². The lowest BCUT2D eigenvalue weighted by Gasteiger charge is -2.10. The number of hydrogen-bond donors (Lipinski definition) is 1. The van der Waals surface area contributed by atoms with Gasteiger partial charge in [0, 0.05) is 18.0 Å². The lowest BCUT2D eigenvalue weighted by molar-refractivity contribution is 0.189. The van der Waals surface area contributed by atoms with Crippen molar-refractivity contribution in [3.05, 3.63) is 23.2 Å². The minimum Gasteiger partial charge on any atom is -0.398 e. The zero-order valence-electron chi connectivity index (χ0n) is 8.82. The number of nitrogens with two attached hydrogens (primary N) is 1. The van der Waals surface area contributed by atoms with Crippen molar-refractivity contribution in [1.82, 2.24) is 0 Å². The maximum atomic E-state index is 12.1. The maximum Gasteiger partial charge on any atom is 0.0803 e. The Labute approximate surface area is 102 Å². The molecular weight excluding hydrogens is 246 g/mol. The molecule has 1 aliphatic rings. The van der Waals surface area contributed by atoms with Crippen molar-refractivity contribution in [2.24, 2.45) is 5.92 Å². The molecule has 1 fully saturated rings. The predicted octanol–water partition coefficient (Wildman–Crippen LogP) is 2.07. The molecule has 2 N–H and O–H groups in total. The third-order valence-corrected chi connectivity index (χ3v) is 4.75. The average Bonchev–Trinajstić information content (AvgIpc) is 2.70. The molecule has 5 heteroatoms. The van der Waals surface area contributed by atoms with Crippen LogP contribution >= 0.6 is 11.6 Å². The molecule has 0 aliphatic carbocycles. The van der Waals surface area contributed by atoms with Crippen LogP contribution in [0.15, 0.2) is 23.1 Å². The number of benzene rings is 1. The van der Waals surface area contributed by atoms with Crippen LogP contribution in [0.25, 0.3) is 0 Å². The summed E-state index contributed by atoms with van der Waals surface area (Å²) in [6.45, 7) is 1.45. The van der Waals surface area contributed by atoms with Gasteiger partial charge < -0.3 is 10.5 Å². The van der Waals surface area contributed by atoms with E-state index in [9.17, 15) is 4.21 Å². The quantitative estimate of drug-likeness (QED) is 0.846. The predicted molar refractivity (Wildman–Crippen MR) is 66.1 cm³/mol. The van der Waals surface area contributed by atoms with E-state index in [-0.39, 0.29) is 0 Å². The van der Waals surface area contributed by atoms with E-state index in [0.717, 1.165) is 13.0 Å². The van der Waals surface area contributed by atoms with Gasteiger partial charge in [-0.2, -0.15) is 0 Å². The van der Waals surface area contributed by atoms with E-state index in [1.165, 1.54) is 0 Å². The number of ether oxygens (including phenoxy) is 1. The highest BCUT2D eigenvalue weighted by atomic mass is 35.5.